The minimum Gasteiger partial charge on any atom is -0.495 e. The highest BCUT2D eigenvalue weighted by atomic mass is 16.5. The van der Waals surface area contributed by atoms with Gasteiger partial charge in [0.15, 0.2) is 0 Å². The summed E-state index contributed by atoms with van der Waals surface area (Å²) in [6.45, 7) is 3.99. The standard InChI is InChI=1S/C24H31N7O/c1-32-23-12-20(14-25-15-23)24-27-29-31(28-24)16-19-7-9-22(10-8-19)30-11-3-6-21(17-30)26-13-18-4-2-5-18/h7-10,12,14-15,18,21,26H,2-6,11,13,16-17H2,1H3. The molecule has 168 valence electrons. The first kappa shape index (κ1) is 20.9. The molecule has 0 amide bonds. The summed E-state index contributed by atoms with van der Waals surface area (Å²) in [5, 5.41) is 16.7. The summed E-state index contributed by atoms with van der Waals surface area (Å²) < 4.78 is 5.23. The monoisotopic (exact) mass is 433 g/mol. The molecule has 1 aromatic carbocycles. The van der Waals surface area contributed by atoms with Gasteiger partial charge in [0.25, 0.3) is 0 Å². The lowest BCUT2D eigenvalue weighted by Gasteiger charge is -2.36. The molecule has 1 saturated carbocycles. The Morgan fingerprint density at radius 3 is 2.75 bits per heavy atom. The minimum atomic E-state index is 0.543. The molecule has 3 heterocycles. The van der Waals surface area contributed by atoms with E-state index in [1.807, 2.05) is 6.07 Å². The van der Waals surface area contributed by atoms with Gasteiger partial charge in [-0.2, -0.15) is 4.80 Å². The summed E-state index contributed by atoms with van der Waals surface area (Å²) in [5.74, 6) is 2.13. The van der Waals surface area contributed by atoms with Crippen molar-refractivity contribution in [1.82, 2.24) is 30.5 Å². The predicted octanol–water partition coefficient (Wildman–Crippen LogP) is 3.15. The maximum atomic E-state index is 5.23. The summed E-state index contributed by atoms with van der Waals surface area (Å²) in [6.07, 6.45) is 10.1. The van der Waals surface area contributed by atoms with Crippen LogP contribution in [0.1, 0.15) is 37.7 Å². The Labute approximate surface area is 189 Å². The first-order chi connectivity index (χ1) is 15.8. The van der Waals surface area contributed by atoms with Gasteiger partial charge in [-0.3, -0.25) is 4.98 Å². The molecule has 1 atom stereocenters. The van der Waals surface area contributed by atoms with Crippen LogP contribution in [0.3, 0.4) is 0 Å². The number of ether oxygens (including phenoxy) is 1. The van der Waals surface area contributed by atoms with Crippen LogP contribution >= 0.6 is 0 Å². The van der Waals surface area contributed by atoms with E-state index in [0.29, 0.717) is 24.2 Å². The molecular weight excluding hydrogens is 402 g/mol. The highest BCUT2D eigenvalue weighted by Gasteiger charge is 2.23. The molecule has 1 N–H and O–H groups in total. The van der Waals surface area contributed by atoms with E-state index in [9.17, 15) is 0 Å². The van der Waals surface area contributed by atoms with E-state index in [0.717, 1.165) is 30.1 Å². The first-order valence-electron chi connectivity index (χ1n) is 11.6. The molecule has 1 unspecified atom stereocenters. The van der Waals surface area contributed by atoms with Crippen molar-refractivity contribution in [3.05, 3.63) is 48.3 Å². The Balaban J connectivity index is 1.18. The zero-order valence-corrected chi connectivity index (χ0v) is 18.7. The molecule has 2 fully saturated rings. The lowest BCUT2D eigenvalue weighted by atomic mass is 9.85. The quantitative estimate of drug-likeness (QED) is 0.584. The first-order valence-corrected chi connectivity index (χ1v) is 11.6. The van der Waals surface area contributed by atoms with Crippen LogP contribution in [0, 0.1) is 5.92 Å². The number of pyridine rings is 1. The van der Waals surface area contributed by atoms with Gasteiger partial charge in [-0.05, 0) is 67.1 Å². The van der Waals surface area contributed by atoms with Gasteiger partial charge in [-0.15, -0.1) is 10.2 Å². The second-order valence-electron chi connectivity index (χ2n) is 8.91. The molecule has 0 radical (unpaired) electrons. The molecule has 8 heteroatoms. The van der Waals surface area contributed by atoms with Crippen LogP contribution in [0.2, 0.25) is 0 Å². The summed E-state index contributed by atoms with van der Waals surface area (Å²) in [4.78, 5) is 8.28. The molecular formula is C24H31N7O. The van der Waals surface area contributed by atoms with Gasteiger partial charge >= 0.3 is 0 Å². The van der Waals surface area contributed by atoms with Gasteiger partial charge in [-0.1, -0.05) is 18.6 Å². The van der Waals surface area contributed by atoms with Crippen LogP contribution < -0.4 is 15.0 Å². The molecule has 0 bridgehead atoms. The molecule has 8 nitrogen and oxygen atoms in total. The van der Waals surface area contributed by atoms with Gasteiger partial charge in [0, 0.05) is 36.6 Å². The van der Waals surface area contributed by atoms with E-state index in [2.05, 4.69) is 54.9 Å². The average molecular weight is 434 g/mol. The Bertz CT molecular complexity index is 1020. The van der Waals surface area contributed by atoms with E-state index in [1.54, 1.807) is 24.3 Å². The number of tetrazole rings is 1. The molecule has 5 rings (SSSR count). The van der Waals surface area contributed by atoms with Crippen molar-refractivity contribution in [2.75, 3.05) is 31.6 Å². The number of nitrogens with one attached hydrogen (secondary N) is 1. The number of nitrogens with zero attached hydrogens (tertiary/aromatic N) is 6. The van der Waals surface area contributed by atoms with Gasteiger partial charge < -0.3 is 15.0 Å². The fourth-order valence-electron chi connectivity index (χ4n) is 4.46. The van der Waals surface area contributed by atoms with Gasteiger partial charge in [0.1, 0.15) is 5.75 Å². The lowest BCUT2D eigenvalue weighted by Crippen LogP contribution is -2.47. The Morgan fingerprint density at radius 1 is 1.09 bits per heavy atom. The van der Waals surface area contributed by atoms with Gasteiger partial charge in [0.2, 0.25) is 5.82 Å². The normalized spacial score (nSPS) is 19.0. The predicted molar refractivity (Wildman–Crippen MR) is 124 cm³/mol. The Morgan fingerprint density at radius 2 is 1.97 bits per heavy atom. The van der Waals surface area contributed by atoms with Gasteiger partial charge in [0.05, 0.1) is 19.9 Å². The van der Waals surface area contributed by atoms with Crippen LogP contribution in [-0.2, 0) is 6.54 Å². The lowest BCUT2D eigenvalue weighted by molar-refractivity contribution is 0.280. The molecule has 1 aliphatic heterocycles. The third kappa shape index (κ3) is 4.91. The molecule has 0 spiro atoms. The zero-order chi connectivity index (χ0) is 21.8. The van der Waals surface area contributed by atoms with E-state index >= 15 is 0 Å². The fourth-order valence-corrected chi connectivity index (χ4v) is 4.46. The van der Waals surface area contributed by atoms with Crippen molar-refractivity contribution in [3.8, 4) is 17.1 Å². The number of aromatic nitrogens is 5. The molecule has 2 aromatic heterocycles. The van der Waals surface area contributed by atoms with E-state index < -0.39 is 0 Å². The second kappa shape index (κ2) is 9.65. The van der Waals surface area contributed by atoms with E-state index in [1.165, 1.54) is 44.3 Å². The van der Waals surface area contributed by atoms with Crippen LogP contribution in [0.4, 0.5) is 5.69 Å². The summed E-state index contributed by atoms with van der Waals surface area (Å²) in [5.41, 5.74) is 3.23. The van der Waals surface area contributed by atoms with E-state index in [4.69, 9.17) is 4.74 Å². The minimum absolute atomic E-state index is 0.543. The maximum Gasteiger partial charge on any atom is 0.206 e. The SMILES string of the molecule is COc1cncc(-c2nnn(Cc3ccc(N4CCCC(NCC5CCC5)C4)cc3)n2)c1. The van der Waals surface area contributed by atoms with Crippen molar-refractivity contribution in [3.63, 3.8) is 0 Å². The van der Waals surface area contributed by atoms with Crippen LogP contribution in [-0.4, -0.2) is 58.0 Å². The third-order valence-corrected chi connectivity index (χ3v) is 6.63. The summed E-state index contributed by atoms with van der Waals surface area (Å²) in [6, 6.07) is 11.2. The number of rotatable bonds is 8. The van der Waals surface area contributed by atoms with Crippen molar-refractivity contribution in [2.24, 2.45) is 5.92 Å². The highest BCUT2D eigenvalue weighted by molar-refractivity contribution is 5.54. The number of hydrogen-bond donors (Lipinski definition) is 1. The molecule has 2 aliphatic rings. The van der Waals surface area contributed by atoms with Crippen LogP contribution in [0.5, 0.6) is 5.75 Å². The van der Waals surface area contributed by atoms with Crippen molar-refractivity contribution in [2.45, 2.75) is 44.7 Å². The Hall–Kier alpha value is -3.00. The number of benzene rings is 1. The highest BCUT2D eigenvalue weighted by Crippen LogP contribution is 2.26. The Kier molecular flexibility index (Phi) is 6.29. The van der Waals surface area contributed by atoms with E-state index in [-0.39, 0.29) is 0 Å². The number of hydrogen-bond acceptors (Lipinski definition) is 7. The number of piperidine rings is 1. The molecule has 1 aliphatic carbocycles. The maximum absolute atomic E-state index is 5.23. The molecule has 32 heavy (non-hydrogen) atoms. The van der Waals surface area contributed by atoms with Crippen LogP contribution in [0.25, 0.3) is 11.4 Å². The second-order valence-corrected chi connectivity index (χ2v) is 8.91. The van der Waals surface area contributed by atoms with Crippen molar-refractivity contribution in [1.29, 1.82) is 0 Å². The average Bonchev–Trinajstić information content (AvgIpc) is 3.27. The number of methoxy groups -OCH3 is 1. The van der Waals surface area contributed by atoms with Crippen molar-refractivity contribution < 1.29 is 4.74 Å². The number of anilines is 1. The van der Waals surface area contributed by atoms with Gasteiger partial charge in [-0.25, -0.2) is 0 Å². The summed E-state index contributed by atoms with van der Waals surface area (Å²) >= 11 is 0. The fraction of sp³-hybridized carbons (Fsp3) is 0.500. The smallest absolute Gasteiger partial charge is 0.206 e. The third-order valence-electron chi connectivity index (χ3n) is 6.63. The summed E-state index contributed by atoms with van der Waals surface area (Å²) in [7, 11) is 1.62. The topological polar surface area (TPSA) is 81.0 Å². The van der Waals surface area contributed by atoms with Crippen LogP contribution in [0.15, 0.2) is 42.7 Å². The zero-order valence-electron chi connectivity index (χ0n) is 18.7. The largest absolute Gasteiger partial charge is 0.495 e. The van der Waals surface area contributed by atoms with Crippen molar-refractivity contribution >= 4 is 5.69 Å². The molecule has 3 aromatic rings. The molecule has 1 saturated heterocycles.